The van der Waals surface area contributed by atoms with Crippen LogP contribution in [0.1, 0.15) is 25.7 Å². The highest BCUT2D eigenvalue weighted by molar-refractivity contribution is 6.07. The Morgan fingerprint density at radius 1 is 0.417 bits per heavy atom. The van der Waals surface area contributed by atoms with E-state index in [9.17, 15) is 0 Å². The molecule has 0 nitrogen and oxygen atoms in total. The average molecular weight is 304 g/mol. The molecule has 7 rings (SSSR count). The van der Waals surface area contributed by atoms with E-state index < -0.39 is 0 Å². The fourth-order valence-corrected chi connectivity index (χ4v) is 5.49. The molecule has 0 N–H and O–H groups in total. The Morgan fingerprint density at radius 2 is 0.708 bits per heavy atom. The summed E-state index contributed by atoms with van der Waals surface area (Å²) in [7, 11) is 0. The van der Waals surface area contributed by atoms with E-state index in [4.69, 9.17) is 0 Å². The highest BCUT2D eigenvalue weighted by Gasteiger charge is 2.21. The minimum Gasteiger partial charge on any atom is -0.0725 e. The molecule has 112 valence electrons. The van der Waals surface area contributed by atoms with Gasteiger partial charge in [0.2, 0.25) is 0 Å². The molecule has 3 aromatic rings. The molecule has 0 aliphatic heterocycles. The summed E-state index contributed by atoms with van der Waals surface area (Å²) in [6, 6.07) is 9.40. The summed E-state index contributed by atoms with van der Waals surface area (Å²) in [5, 5.41) is 15.1. The van der Waals surface area contributed by atoms with Gasteiger partial charge in [-0.3, -0.25) is 0 Å². The fourth-order valence-electron chi connectivity index (χ4n) is 5.49. The Hall–Kier alpha value is -2.60. The first kappa shape index (κ1) is 11.9. The topological polar surface area (TPSA) is 0 Å². The van der Waals surface area contributed by atoms with Crippen molar-refractivity contribution in [3.05, 3.63) is 55.6 Å². The second-order valence-corrected chi connectivity index (χ2v) is 7.58. The maximum absolute atomic E-state index is 2.45. The first-order chi connectivity index (χ1) is 11.9. The van der Waals surface area contributed by atoms with E-state index in [1.165, 1.54) is 42.4 Å². The third-order valence-corrected chi connectivity index (χ3v) is 6.52. The number of hydrogen-bond acceptors (Lipinski definition) is 0. The van der Waals surface area contributed by atoms with Gasteiger partial charge in [-0.2, -0.15) is 0 Å². The zero-order valence-corrected chi connectivity index (χ0v) is 13.4. The lowest BCUT2D eigenvalue weighted by Gasteiger charge is -2.23. The lowest BCUT2D eigenvalue weighted by molar-refractivity contribution is 1.26. The quantitative estimate of drug-likeness (QED) is 0.544. The SMILES string of the molecule is C1=c2ccc3c4c5c6c(ccc7c6c(c24)=C(C1)CC=7)=CCC=5CC=3. The van der Waals surface area contributed by atoms with Crippen molar-refractivity contribution in [3.8, 4) is 0 Å². The van der Waals surface area contributed by atoms with Crippen molar-refractivity contribution in [2.75, 3.05) is 0 Å². The van der Waals surface area contributed by atoms with Crippen molar-refractivity contribution in [3.63, 3.8) is 0 Å². The van der Waals surface area contributed by atoms with Crippen LogP contribution in [-0.4, -0.2) is 0 Å². The summed E-state index contributed by atoms with van der Waals surface area (Å²) in [4.78, 5) is 0. The summed E-state index contributed by atoms with van der Waals surface area (Å²) >= 11 is 0. The van der Waals surface area contributed by atoms with Crippen LogP contribution >= 0.6 is 0 Å². The molecule has 0 heteroatoms. The van der Waals surface area contributed by atoms with Gasteiger partial charge in [-0.15, -0.1) is 0 Å². The second-order valence-electron chi connectivity index (χ2n) is 7.58. The highest BCUT2D eigenvalue weighted by atomic mass is 14.2. The smallest absolute Gasteiger partial charge is 0.00236 e. The standard InChI is InChI=1S/C24H16/c1-2-14-5-6-16-9-11-18-12-10-17-8-7-15-4-3-13(1)19-20(14)22(16)24(18)23(17)21(15)19/h1-3,5,8,10-12H,4,6-7,9H2. The molecule has 0 unspecified atom stereocenters. The molecule has 4 aliphatic rings. The van der Waals surface area contributed by atoms with Crippen LogP contribution < -0.4 is 31.3 Å². The third-order valence-electron chi connectivity index (χ3n) is 6.52. The van der Waals surface area contributed by atoms with E-state index in [1.807, 2.05) is 0 Å². The minimum absolute atomic E-state index is 1.11. The van der Waals surface area contributed by atoms with Crippen molar-refractivity contribution < 1.29 is 0 Å². The molecule has 4 aliphatic carbocycles. The zero-order chi connectivity index (χ0) is 15.4. The summed E-state index contributed by atoms with van der Waals surface area (Å²) in [6.45, 7) is 0. The van der Waals surface area contributed by atoms with Crippen LogP contribution in [0.25, 0.3) is 57.0 Å². The normalized spacial score (nSPS) is 18.5. The molecule has 0 saturated heterocycles. The average Bonchev–Trinajstić information content (AvgIpc) is 2.65. The molecule has 0 fully saturated rings. The zero-order valence-electron chi connectivity index (χ0n) is 13.4. The van der Waals surface area contributed by atoms with Gasteiger partial charge >= 0.3 is 0 Å². The number of rotatable bonds is 0. The minimum atomic E-state index is 1.11. The van der Waals surface area contributed by atoms with E-state index in [0.717, 1.165) is 25.7 Å². The maximum Gasteiger partial charge on any atom is -0.00236 e. The van der Waals surface area contributed by atoms with Gasteiger partial charge in [0.1, 0.15) is 0 Å². The van der Waals surface area contributed by atoms with Crippen LogP contribution in [0, 0.1) is 0 Å². The Bertz CT molecular complexity index is 1300. The molecule has 0 saturated carbocycles. The second kappa shape index (κ2) is 3.72. The number of benzene rings is 3. The van der Waals surface area contributed by atoms with Crippen molar-refractivity contribution >= 4 is 57.0 Å². The van der Waals surface area contributed by atoms with Crippen LogP contribution in [0.5, 0.6) is 0 Å². The van der Waals surface area contributed by atoms with Gasteiger partial charge in [-0.25, -0.2) is 0 Å². The van der Waals surface area contributed by atoms with Gasteiger partial charge in [0.25, 0.3) is 0 Å². The summed E-state index contributed by atoms with van der Waals surface area (Å²) in [5.41, 5.74) is 3.24. The van der Waals surface area contributed by atoms with Gasteiger partial charge in [0.05, 0.1) is 0 Å². The van der Waals surface area contributed by atoms with Gasteiger partial charge in [-0.1, -0.05) is 59.7 Å². The predicted octanol–water partition coefficient (Wildman–Crippen LogP) is 1.03. The number of hydrogen-bond donors (Lipinski definition) is 0. The highest BCUT2D eigenvalue weighted by Crippen LogP contribution is 2.23. The largest absolute Gasteiger partial charge is 0.0725 e. The molecule has 0 aromatic heterocycles. The van der Waals surface area contributed by atoms with E-state index in [-0.39, 0.29) is 0 Å². The molecule has 3 aromatic carbocycles. The van der Waals surface area contributed by atoms with E-state index in [0.29, 0.717) is 0 Å². The van der Waals surface area contributed by atoms with Crippen molar-refractivity contribution in [1.82, 2.24) is 0 Å². The van der Waals surface area contributed by atoms with Crippen molar-refractivity contribution in [2.24, 2.45) is 0 Å². The summed E-state index contributed by atoms with van der Waals surface area (Å²) in [6.07, 6.45) is 14.2. The molecule has 0 amide bonds. The van der Waals surface area contributed by atoms with Gasteiger partial charge in [0.15, 0.2) is 0 Å². The van der Waals surface area contributed by atoms with Crippen molar-refractivity contribution in [2.45, 2.75) is 25.7 Å². The molecule has 0 radical (unpaired) electrons. The molecule has 24 heavy (non-hydrogen) atoms. The van der Waals surface area contributed by atoms with Crippen LogP contribution in [0.15, 0.2) is 24.3 Å². The lowest BCUT2D eigenvalue weighted by Crippen LogP contribution is -2.39. The van der Waals surface area contributed by atoms with Crippen LogP contribution in [0.3, 0.4) is 0 Å². The molecule has 0 bridgehead atoms. The molecule has 0 heterocycles. The predicted molar refractivity (Wildman–Crippen MR) is 102 cm³/mol. The van der Waals surface area contributed by atoms with Gasteiger partial charge < -0.3 is 0 Å². The molecule has 0 spiro atoms. The van der Waals surface area contributed by atoms with Crippen LogP contribution in [0.4, 0.5) is 0 Å². The Balaban J connectivity index is 2.11. The third kappa shape index (κ3) is 1.16. The Kier molecular flexibility index (Phi) is 1.84. The molecular formula is C24H16. The first-order valence-corrected chi connectivity index (χ1v) is 9.02. The lowest BCUT2D eigenvalue weighted by atomic mass is 9.80. The monoisotopic (exact) mass is 304 g/mol. The van der Waals surface area contributed by atoms with Crippen molar-refractivity contribution in [1.29, 1.82) is 0 Å². The van der Waals surface area contributed by atoms with Crippen LogP contribution in [0.2, 0.25) is 0 Å². The van der Waals surface area contributed by atoms with E-state index >= 15 is 0 Å². The molecule has 0 atom stereocenters. The Morgan fingerprint density at radius 3 is 1.00 bits per heavy atom. The fraction of sp³-hybridized carbons (Fsp3) is 0.167. The first-order valence-electron chi connectivity index (χ1n) is 9.02. The summed E-state index contributed by atoms with van der Waals surface area (Å²) in [5.74, 6) is 0. The van der Waals surface area contributed by atoms with Gasteiger partial charge in [-0.05, 0) is 78.5 Å². The van der Waals surface area contributed by atoms with E-state index in [1.54, 1.807) is 21.6 Å². The molecular weight excluding hydrogens is 288 g/mol. The van der Waals surface area contributed by atoms with E-state index in [2.05, 4.69) is 48.6 Å². The Labute approximate surface area is 138 Å². The maximum atomic E-state index is 2.45. The van der Waals surface area contributed by atoms with Crippen LogP contribution in [-0.2, 0) is 0 Å². The van der Waals surface area contributed by atoms with Gasteiger partial charge in [0, 0.05) is 0 Å². The summed E-state index contributed by atoms with van der Waals surface area (Å²) < 4.78 is 0.